The maximum atomic E-state index is 12.3. The molecular weight excluding hydrogens is 437 g/mol. The van der Waals surface area contributed by atoms with E-state index in [0.29, 0.717) is 12.3 Å². The van der Waals surface area contributed by atoms with Crippen molar-refractivity contribution >= 4 is 40.7 Å². The van der Waals surface area contributed by atoms with E-state index in [9.17, 15) is 4.79 Å². The molecule has 1 amide bonds. The number of hydrogen-bond donors (Lipinski definition) is 0. The average Bonchev–Trinajstić information content (AvgIpc) is 2.70. The lowest BCUT2D eigenvalue weighted by atomic mass is 9.95. The fraction of sp³-hybridized carbons (Fsp3) is 0.960. The molecule has 1 fully saturated rings. The molecule has 2 nitrogen and oxygen atoms in total. The molecule has 1 rings (SSSR count). The SMILES string of the molecule is CCCCCCCCCC(CCCCCCCC(=O)N1CCC(C)CC1)C(Cl)(Cl)Cl. The molecule has 0 spiro atoms. The van der Waals surface area contributed by atoms with Crippen LogP contribution in [-0.4, -0.2) is 27.7 Å². The van der Waals surface area contributed by atoms with Crippen LogP contribution in [0.1, 0.15) is 123 Å². The fourth-order valence-electron chi connectivity index (χ4n) is 4.43. The van der Waals surface area contributed by atoms with Gasteiger partial charge in [-0.25, -0.2) is 0 Å². The number of alkyl halides is 3. The Hall–Kier alpha value is 0.340. The summed E-state index contributed by atoms with van der Waals surface area (Å²) < 4.78 is -1.14. The molecular formula is C25H46Cl3NO. The number of carbonyl (C=O) groups is 1. The quantitative estimate of drug-likeness (QED) is 0.159. The van der Waals surface area contributed by atoms with Crippen molar-refractivity contribution < 1.29 is 4.79 Å². The van der Waals surface area contributed by atoms with Crippen molar-refractivity contribution in [3.05, 3.63) is 0 Å². The number of rotatable bonds is 16. The second-order valence-electron chi connectivity index (χ2n) is 9.52. The minimum Gasteiger partial charge on any atom is -0.343 e. The summed E-state index contributed by atoms with van der Waals surface area (Å²) in [6.45, 7) is 6.44. The Morgan fingerprint density at radius 1 is 0.833 bits per heavy atom. The molecule has 1 atom stereocenters. The van der Waals surface area contributed by atoms with Gasteiger partial charge in [0.25, 0.3) is 0 Å². The maximum Gasteiger partial charge on any atom is 0.222 e. The summed E-state index contributed by atoms with van der Waals surface area (Å²) in [5.74, 6) is 1.30. The van der Waals surface area contributed by atoms with Gasteiger partial charge in [0.1, 0.15) is 0 Å². The smallest absolute Gasteiger partial charge is 0.222 e. The van der Waals surface area contributed by atoms with E-state index in [4.69, 9.17) is 34.8 Å². The van der Waals surface area contributed by atoms with Crippen molar-refractivity contribution in [2.75, 3.05) is 13.1 Å². The number of unbranched alkanes of at least 4 members (excludes halogenated alkanes) is 10. The third kappa shape index (κ3) is 13.7. The topological polar surface area (TPSA) is 20.3 Å². The Labute approximate surface area is 201 Å². The van der Waals surface area contributed by atoms with E-state index >= 15 is 0 Å². The van der Waals surface area contributed by atoms with E-state index in [-0.39, 0.29) is 5.92 Å². The van der Waals surface area contributed by atoms with Gasteiger partial charge in [-0.1, -0.05) is 119 Å². The average molecular weight is 483 g/mol. The van der Waals surface area contributed by atoms with Gasteiger partial charge in [-0.3, -0.25) is 4.79 Å². The zero-order valence-corrected chi connectivity index (χ0v) is 21.8. The molecule has 0 N–H and O–H groups in total. The number of likely N-dealkylation sites (tertiary alicyclic amines) is 1. The van der Waals surface area contributed by atoms with E-state index in [0.717, 1.165) is 64.0 Å². The Balaban J connectivity index is 2.06. The Kier molecular flexibility index (Phi) is 16.0. The Bertz CT molecular complexity index is 431. The van der Waals surface area contributed by atoms with E-state index < -0.39 is 3.79 Å². The van der Waals surface area contributed by atoms with Crippen LogP contribution < -0.4 is 0 Å². The van der Waals surface area contributed by atoms with E-state index in [1.807, 2.05) is 0 Å². The zero-order chi connectivity index (χ0) is 22.2. The monoisotopic (exact) mass is 481 g/mol. The number of amides is 1. The van der Waals surface area contributed by atoms with Crippen molar-refractivity contribution in [1.82, 2.24) is 4.90 Å². The van der Waals surface area contributed by atoms with Crippen LogP contribution >= 0.6 is 34.8 Å². The summed E-state index contributed by atoms with van der Waals surface area (Å²) in [5, 5.41) is 0. The first-order valence-electron chi connectivity index (χ1n) is 12.7. The van der Waals surface area contributed by atoms with Gasteiger partial charge in [0, 0.05) is 25.4 Å². The number of halogens is 3. The van der Waals surface area contributed by atoms with E-state index in [1.54, 1.807) is 0 Å². The van der Waals surface area contributed by atoms with Crippen LogP contribution in [0.5, 0.6) is 0 Å². The largest absolute Gasteiger partial charge is 0.343 e. The first-order chi connectivity index (χ1) is 14.3. The second-order valence-corrected chi connectivity index (χ2v) is 11.9. The van der Waals surface area contributed by atoms with Crippen LogP contribution in [-0.2, 0) is 4.79 Å². The predicted octanol–water partition coefficient (Wildman–Crippen LogP) is 9.10. The number of nitrogens with zero attached hydrogens (tertiary/aromatic N) is 1. The van der Waals surface area contributed by atoms with Crippen LogP contribution in [0.25, 0.3) is 0 Å². The van der Waals surface area contributed by atoms with Crippen LogP contribution in [0, 0.1) is 11.8 Å². The van der Waals surface area contributed by atoms with Gasteiger partial charge in [0.2, 0.25) is 5.91 Å². The van der Waals surface area contributed by atoms with Crippen molar-refractivity contribution in [3.8, 4) is 0 Å². The molecule has 1 heterocycles. The summed E-state index contributed by atoms with van der Waals surface area (Å²) in [4.78, 5) is 14.3. The first-order valence-corrected chi connectivity index (χ1v) is 13.8. The lowest BCUT2D eigenvalue weighted by Crippen LogP contribution is -2.37. The first kappa shape index (κ1) is 28.4. The van der Waals surface area contributed by atoms with Crippen LogP contribution in [0.3, 0.4) is 0 Å². The van der Waals surface area contributed by atoms with Crippen LogP contribution in [0.15, 0.2) is 0 Å². The standard InChI is InChI=1S/C25H46Cl3NO/c1-3-4-5-6-7-9-12-15-23(25(26,27)28)16-13-10-8-11-14-17-24(30)29-20-18-22(2)19-21-29/h22-23H,3-21H2,1-2H3. The summed E-state index contributed by atoms with van der Waals surface area (Å²) in [6.07, 6.45) is 19.7. The summed E-state index contributed by atoms with van der Waals surface area (Å²) in [5.41, 5.74) is 0. The molecule has 1 unspecified atom stereocenters. The minimum absolute atomic E-state index is 0.168. The summed E-state index contributed by atoms with van der Waals surface area (Å²) >= 11 is 18.7. The van der Waals surface area contributed by atoms with Crippen molar-refractivity contribution in [3.63, 3.8) is 0 Å². The lowest BCUT2D eigenvalue weighted by Gasteiger charge is -2.30. The summed E-state index contributed by atoms with van der Waals surface area (Å²) in [7, 11) is 0. The van der Waals surface area contributed by atoms with Gasteiger partial charge in [-0.15, -0.1) is 0 Å². The molecule has 1 aliphatic rings. The van der Waals surface area contributed by atoms with Gasteiger partial charge >= 0.3 is 0 Å². The highest BCUT2D eigenvalue weighted by atomic mass is 35.6. The van der Waals surface area contributed by atoms with Gasteiger partial charge in [-0.2, -0.15) is 0 Å². The molecule has 0 aliphatic carbocycles. The molecule has 0 bridgehead atoms. The van der Waals surface area contributed by atoms with Gasteiger partial charge in [-0.05, 0) is 38.0 Å². The zero-order valence-electron chi connectivity index (χ0n) is 19.6. The molecule has 0 saturated carbocycles. The summed E-state index contributed by atoms with van der Waals surface area (Å²) in [6, 6.07) is 0. The molecule has 0 radical (unpaired) electrons. The third-order valence-corrected chi connectivity index (χ3v) is 7.62. The molecule has 178 valence electrons. The highest BCUT2D eigenvalue weighted by Crippen LogP contribution is 2.41. The van der Waals surface area contributed by atoms with Crippen molar-refractivity contribution in [2.45, 2.75) is 127 Å². The van der Waals surface area contributed by atoms with E-state index in [2.05, 4.69) is 18.7 Å². The molecule has 1 aliphatic heterocycles. The molecule has 0 aromatic heterocycles. The van der Waals surface area contributed by atoms with Crippen molar-refractivity contribution in [2.24, 2.45) is 11.8 Å². The molecule has 5 heteroatoms. The lowest BCUT2D eigenvalue weighted by molar-refractivity contribution is -0.132. The Morgan fingerprint density at radius 2 is 1.30 bits per heavy atom. The maximum absolute atomic E-state index is 12.3. The van der Waals surface area contributed by atoms with Gasteiger partial charge in [0.15, 0.2) is 3.79 Å². The minimum atomic E-state index is -1.14. The van der Waals surface area contributed by atoms with Gasteiger partial charge in [0.05, 0.1) is 0 Å². The van der Waals surface area contributed by atoms with Crippen LogP contribution in [0.4, 0.5) is 0 Å². The molecule has 0 aromatic rings. The molecule has 30 heavy (non-hydrogen) atoms. The second kappa shape index (κ2) is 16.9. The van der Waals surface area contributed by atoms with Gasteiger partial charge < -0.3 is 4.90 Å². The molecule has 0 aromatic carbocycles. The Morgan fingerprint density at radius 3 is 1.80 bits per heavy atom. The highest BCUT2D eigenvalue weighted by molar-refractivity contribution is 6.67. The predicted molar refractivity (Wildman–Crippen MR) is 134 cm³/mol. The normalized spacial score (nSPS) is 16.8. The van der Waals surface area contributed by atoms with E-state index in [1.165, 1.54) is 57.8 Å². The van der Waals surface area contributed by atoms with Crippen molar-refractivity contribution in [1.29, 1.82) is 0 Å². The number of piperidine rings is 1. The number of hydrogen-bond acceptors (Lipinski definition) is 1. The fourth-order valence-corrected chi connectivity index (χ4v) is 5.09. The highest BCUT2D eigenvalue weighted by Gasteiger charge is 2.31. The molecule has 1 saturated heterocycles. The third-order valence-electron chi connectivity index (χ3n) is 6.70. The van der Waals surface area contributed by atoms with Crippen LogP contribution in [0.2, 0.25) is 0 Å². The number of carbonyl (C=O) groups excluding carboxylic acids is 1.